The summed E-state index contributed by atoms with van der Waals surface area (Å²) in [5.41, 5.74) is 2.24. The maximum absolute atomic E-state index is 15.7. The second-order valence-electron chi connectivity index (χ2n) is 11.6. The van der Waals surface area contributed by atoms with Gasteiger partial charge in [0.25, 0.3) is 0 Å². The van der Waals surface area contributed by atoms with Gasteiger partial charge in [-0.2, -0.15) is 5.26 Å². The first-order valence-electron chi connectivity index (χ1n) is 14.1. The van der Waals surface area contributed by atoms with E-state index in [0.717, 1.165) is 12.1 Å². The van der Waals surface area contributed by atoms with E-state index in [9.17, 15) is 9.90 Å². The molecule has 1 atom stereocenters. The van der Waals surface area contributed by atoms with Crippen LogP contribution in [0.4, 0.5) is 8.78 Å². The van der Waals surface area contributed by atoms with Crippen LogP contribution in [0.2, 0.25) is 5.02 Å². The van der Waals surface area contributed by atoms with Crippen molar-refractivity contribution in [2.45, 2.75) is 32.9 Å². The Kier molecular flexibility index (Phi) is 7.99. The molecule has 228 valence electrons. The monoisotopic (exact) mass is 628 g/mol. The molecule has 3 heterocycles. The lowest BCUT2D eigenvalue weighted by Crippen LogP contribution is -2.27. The largest absolute Gasteiger partial charge is 0.478 e. The van der Waals surface area contributed by atoms with Crippen LogP contribution >= 0.6 is 11.6 Å². The summed E-state index contributed by atoms with van der Waals surface area (Å²) in [5, 5.41) is 19.0. The number of nitriles is 1. The van der Waals surface area contributed by atoms with E-state index in [1.807, 2.05) is 24.5 Å². The molecule has 0 aliphatic carbocycles. The lowest BCUT2D eigenvalue weighted by Gasteiger charge is -2.28. The van der Waals surface area contributed by atoms with Crippen LogP contribution in [0.25, 0.3) is 22.3 Å². The SMILES string of the molecule is CC1(C)COCC1n1c(Cc2cc(F)c(-c3cccc(OCc4ccc(C#N)cc4Cl)n3)cc2F)nc2ccc(C(=O)O)cc21. The molecule has 5 aromatic rings. The lowest BCUT2D eigenvalue weighted by molar-refractivity contribution is 0.0697. The maximum Gasteiger partial charge on any atom is 0.335 e. The minimum absolute atomic E-state index is 0.0331. The van der Waals surface area contributed by atoms with Gasteiger partial charge >= 0.3 is 5.97 Å². The third kappa shape index (κ3) is 5.97. The molecule has 0 radical (unpaired) electrons. The zero-order valence-corrected chi connectivity index (χ0v) is 25.1. The minimum atomic E-state index is -1.07. The number of carboxylic acids is 1. The van der Waals surface area contributed by atoms with Gasteiger partial charge in [0.05, 0.1) is 53.2 Å². The van der Waals surface area contributed by atoms with Gasteiger partial charge in [-0.1, -0.05) is 37.6 Å². The van der Waals surface area contributed by atoms with Crippen molar-refractivity contribution in [1.82, 2.24) is 14.5 Å². The van der Waals surface area contributed by atoms with Gasteiger partial charge in [0.15, 0.2) is 0 Å². The van der Waals surface area contributed by atoms with Gasteiger partial charge in [0.1, 0.15) is 24.1 Å². The quantitative estimate of drug-likeness (QED) is 0.191. The predicted octanol–water partition coefficient (Wildman–Crippen LogP) is 7.37. The fourth-order valence-corrected chi connectivity index (χ4v) is 5.78. The zero-order valence-electron chi connectivity index (χ0n) is 24.4. The topological polar surface area (TPSA) is 110 Å². The lowest BCUT2D eigenvalue weighted by atomic mass is 9.87. The standard InChI is InChI=1S/C34H27ClF2N4O4/c1-34(2)18-44-17-30(34)41-29-12-20(33(42)43)8-9-28(29)39-31(41)13-22-11-26(37)23(14-25(22)36)27-4-3-5-32(40-27)45-16-21-7-6-19(15-38)10-24(21)35/h3-12,14,30H,13,16-18H2,1-2H3,(H,42,43). The number of aromatic carboxylic acids is 1. The van der Waals surface area contributed by atoms with Gasteiger partial charge in [-0.25, -0.2) is 23.5 Å². The molecule has 8 nitrogen and oxygen atoms in total. The van der Waals surface area contributed by atoms with Crippen LogP contribution in [-0.2, 0) is 17.8 Å². The van der Waals surface area contributed by atoms with Crippen molar-refractivity contribution in [2.24, 2.45) is 5.41 Å². The highest BCUT2D eigenvalue weighted by atomic mass is 35.5. The summed E-state index contributed by atoms with van der Waals surface area (Å²) >= 11 is 6.24. The number of halogens is 3. The molecule has 2 aromatic heterocycles. The van der Waals surface area contributed by atoms with Crippen LogP contribution in [0.15, 0.2) is 66.7 Å². The van der Waals surface area contributed by atoms with E-state index in [4.69, 9.17) is 31.3 Å². The van der Waals surface area contributed by atoms with Crippen molar-refractivity contribution >= 4 is 28.6 Å². The number of carboxylic acid groups (broad SMARTS) is 1. The molecule has 1 fully saturated rings. The fourth-order valence-electron chi connectivity index (χ4n) is 5.55. The highest BCUT2D eigenvalue weighted by Gasteiger charge is 2.39. The van der Waals surface area contributed by atoms with E-state index in [0.29, 0.717) is 46.2 Å². The Morgan fingerprint density at radius 2 is 1.93 bits per heavy atom. The van der Waals surface area contributed by atoms with Crippen LogP contribution in [0.1, 0.15) is 52.8 Å². The zero-order chi connectivity index (χ0) is 31.9. The molecule has 0 bridgehead atoms. The Labute approximate surface area is 262 Å². The Hall–Kier alpha value is -4.85. The molecule has 1 N–H and O–H groups in total. The number of rotatable bonds is 8. The molecule has 6 rings (SSSR count). The molecule has 11 heteroatoms. The summed E-state index contributed by atoms with van der Waals surface area (Å²) in [6, 6.07) is 18.3. The van der Waals surface area contributed by atoms with Crippen molar-refractivity contribution in [3.63, 3.8) is 0 Å². The van der Waals surface area contributed by atoms with Crippen LogP contribution in [0.3, 0.4) is 0 Å². The second kappa shape index (κ2) is 11.9. The van der Waals surface area contributed by atoms with Crippen LogP contribution in [-0.4, -0.2) is 38.8 Å². The van der Waals surface area contributed by atoms with Crippen molar-refractivity contribution in [3.05, 3.63) is 111 Å². The molecule has 0 saturated carbocycles. The average Bonchev–Trinajstić information content (AvgIpc) is 3.55. The van der Waals surface area contributed by atoms with E-state index in [-0.39, 0.29) is 52.7 Å². The third-order valence-corrected chi connectivity index (χ3v) is 8.37. The first-order valence-corrected chi connectivity index (χ1v) is 14.5. The number of ether oxygens (including phenoxy) is 2. The third-order valence-electron chi connectivity index (χ3n) is 8.01. The summed E-state index contributed by atoms with van der Waals surface area (Å²) in [7, 11) is 0. The minimum Gasteiger partial charge on any atom is -0.478 e. The first-order chi connectivity index (χ1) is 21.5. The summed E-state index contributed by atoms with van der Waals surface area (Å²) in [5.74, 6) is -1.73. The van der Waals surface area contributed by atoms with Crippen molar-refractivity contribution in [1.29, 1.82) is 5.26 Å². The highest BCUT2D eigenvalue weighted by Crippen LogP contribution is 2.40. The number of hydrogen-bond acceptors (Lipinski definition) is 6. The number of benzene rings is 3. The van der Waals surface area contributed by atoms with Gasteiger partial charge in [-0.15, -0.1) is 0 Å². The molecular weight excluding hydrogens is 602 g/mol. The van der Waals surface area contributed by atoms with Crippen LogP contribution < -0.4 is 4.74 Å². The molecule has 1 saturated heterocycles. The van der Waals surface area contributed by atoms with Crippen molar-refractivity contribution in [2.75, 3.05) is 13.2 Å². The Morgan fingerprint density at radius 1 is 1.11 bits per heavy atom. The fraction of sp³-hybridized carbons (Fsp3) is 0.235. The number of nitrogens with zero attached hydrogens (tertiary/aromatic N) is 4. The van der Waals surface area contributed by atoms with Crippen molar-refractivity contribution in [3.8, 4) is 23.2 Å². The van der Waals surface area contributed by atoms with E-state index in [2.05, 4.69) is 4.98 Å². The van der Waals surface area contributed by atoms with Crippen molar-refractivity contribution < 1.29 is 28.2 Å². The Morgan fingerprint density at radius 3 is 2.64 bits per heavy atom. The first kappa shape index (κ1) is 30.2. The summed E-state index contributed by atoms with van der Waals surface area (Å²) in [6.07, 6.45) is -0.0331. The van der Waals surface area contributed by atoms with E-state index < -0.39 is 17.6 Å². The summed E-state index contributed by atoms with van der Waals surface area (Å²) in [6.45, 7) is 5.01. The molecule has 1 aliphatic rings. The highest BCUT2D eigenvalue weighted by molar-refractivity contribution is 6.31. The van der Waals surface area contributed by atoms with Gasteiger partial charge in [-0.05, 0) is 54.1 Å². The van der Waals surface area contributed by atoms with E-state index >= 15 is 8.78 Å². The van der Waals surface area contributed by atoms with Crippen LogP contribution in [0, 0.1) is 28.4 Å². The van der Waals surface area contributed by atoms with Crippen LogP contribution in [0.5, 0.6) is 5.88 Å². The maximum atomic E-state index is 15.7. The number of pyridine rings is 1. The average molecular weight is 629 g/mol. The normalized spacial score (nSPS) is 15.7. The molecule has 1 unspecified atom stereocenters. The molecule has 0 amide bonds. The molecule has 1 aliphatic heterocycles. The molecular formula is C34H27ClF2N4O4. The van der Waals surface area contributed by atoms with Gasteiger partial charge < -0.3 is 19.1 Å². The number of carbonyl (C=O) groups is 1. The number of aromatic nitrogens is 3. The smallest absolute Gasteiger partial charge is 0.335 e. The van der Waals surface area contributed by atoms with Gasteiger partial charge in [0, 0.05) is 34.1 Å². The predicted molar refractivity (Wildman–Crippen MR) is 163 cm³/mol. The van der Waals surface area contributed by atoms with Gasteiger partial charge in [-0.3, -0.25) is 0 Å². The van der Waals surface area contributed by atoms with Gasteiger partial charge in [0.2, 0.25) is 5.88 Å². The van der Waals surface area contributed by atoms with E-state index in [1.54, 1.807) is 42.5 Å². The number of imidazole rings is 1. The Balaban J connectivity index is 1.30. The summed E-state index contributed by atoms with van der Waals surface area (Å²) < 4.78 is 44.7. The number of hydrogen-bond donors (Lipinski definition) is 1. The Bertz CT molecular complexity index is 2000. The molecule has 3 aromatic carbocycles. The summed E-state index contributed by atoms with van der Waals surface area (Å²) in [4.78, 5) is 20.8. The molecule has 0 spiro atoms. The molecule has 45 heavy (non-hydrogen) atoms. The number of fused-ring (bicyclic) bond motifs is 1. The van der Waals surface area contributed by atoms with E-state index in [1.165, 1.54) is 12.1 Å². The second-order valence-corrected chi connectivity index (χ2v) is 12.0.